The number of carbonyl (C=O) groups excluding carboxylic acids is 3. The first-order valence-electron chi connectivity index (χ1n) is 10.5. The van der Waals surface area contributed by atoms with E-state index >= 15 is 0 Å². The van der Waals surface area contributed by atoms with E-state index in [1.54, 1.807) is 35.5 Å². The highest BCUT2D eigenvalue weighted by atomic mass is 32.1. The molecular weight excluding hydrogens is 418 g/mol. The largest absolute Gasteiger partial charge is 0.467 e. The number of hydrogen-bond donors (Lipinski definition) is 0. The third kappa shape index (κ3) is 4.71. The van der Waals surface area contributed by atoms with E-state index < -0.39 is 24.4 Å². The Morgan fingerprint density at radius 3 is 2.84 bits per heavy atom. The minimum atomic E-state index is -0.446. The number of esters is 1. The number of carbonyl (C=O) groups is 3. The first kappa shape index (κ1) is 21.3. The zero-order valence-electron chi connectivity index (χ0n) is 17.4. The molecule has 2 aliphatic heterocycles. The van der Waals surface area contributed by atoms with Crippen LogP contribution in [0.3, 0.4) is 0 Å². The second-order valence-corrected chi connectivity index (χ2v) is 8.59. The molecule has 8 nitrogen and oxygen atoms in total. The fraction of sp³-hybridized carbons (Fsp3) is 0.455. The van der Waals surface area contributed by atoms with Gasteiger partial charge in [0, 0.05) is 25.9 Å². The number of likely N-dealkylation sites (tertiary alicyclic amines) is 1. The average Bonchev–Trinajstić information content (AvgIpc) is 3.56. The number of thiophene rings is 1. The molecule has 9 heteroatoms. The van der Waals surface area contributed by atoms with E-state index in [2.05, 4.69) is 5.10 Å². The Labute approximate surface area is 184 Å². The van der Waals surface area contributed by atoms with Crippen molar-refractivity contribution in [2.24, 2.45) is 11.0 Å². The van der Waals surface area contributed by atoms with Crippen LogP contribution in [0.1, 0.15) is 49.3 Å². The predicted molar refractivity (Wildman–Crippen MR) is 114 cm³/mol. The van der Waals surface area contributed by atoms with Crippen molar-refractivity contribution >= 4 is 34.8 Å². The molecule has 0 saturated carbocycles. The summed E-state index contributed by atoms with van der Waals surface area (Å²) in [6.07, 6.45) is 3.91. The van der Waals surface area contributed by atoms with Gasteiger partial charge in [0.15, 0.2) is 6.61 Å². The van der Waals surface area contributed by atoms with E-state index in [1.165, 1.54) is 5.01 Å². The van der Waals surface area contributed by atoms with Gasteiger partial charge in [0.05, 0.1) is 22.8 Å². The van der Waals surface area contributed by atoms with Crippen molar-refractivity contribution in [3.63, 3.8) is 0 Å². The van der Waals surface area contributed by atoms with E-state index in [9.17, 15) is 14.4 Å². The second-order valence-electron chi connectivity index (χ2n) is 7.64. The molecule has 2 aromatic heterocycles. The van der Waals surface area contributed by atoms with Gasteiger partial charge in [-0.05, 0) is 36.4 Å². The van der Waals surface area contributed by atoms with E-state index in [1.807, 2.05) is 23.6 Å². The molecule has 0 bridgehead atoms. The summed E-state index contributed by atoms with van der Waals surface area (Å²) in [5.74, 6) is -0.586. The smallest absolute Gasteiger partial charge is 0.311 e. The molecule has 4 heterocycles. The molecule has 2 aromatic rings. The van der Waals surface area contributed by atoms with Crippen molar-refractivity contribution in [1.29, 1.82) is 0 Å². The molecule has 2 unspecified atom stereocenters. The van der Waals surface area contributed by atoms with Crippen LogP contribution in [0, 0.1) is 5.92 Å². The number of hydrogen-bond acceptors (Lipinski definition) is 7. The van der Waals surface area contributed by atoms with Crippen molar-refractivity contribution in [2.75, 3.05) is 19.7 Å². The molecule has 2 atom stereocenters. The van der Waals surface area contributed by atoms with E-state index in [-0.39, 0.29) is 11.9 Å². The van der Waals surface area contributed by atoms with Gasteiger partial charge in [-0.25, -0.2) is 5.01 Å². The molecule has 0 aromatic carbocycles. The highest BCUT2D eigenvalue weighted by molar-refractivity contribution is 7.12. The van der Waals surface area contributed by atoms with Gasteiger partial charge in [-0.3, -0.25) is 14.4 Å². The summed E-state index contributed by atoms with van der Waals surface area (Å²) >= 11 is 1.56. The first-order valence-corrected chi connectivity index (χ1v) is 11.4. The number of furan rings is 1. The Morgan fingerprint density at radius 1 is 1.26 bits per heavy atom. The Kier molecular flexibility index (Phi) is 6.50. The lowest BCUT2D eigenvalue weighted by atomic mass is 9.98. The Hall–Kier alpha value is -2.94. The summed E-state index contributed by atoms with van der Waals surface area (Å²) in [6.45, 7) is 2.42. The number of amides is 2. The molecule has 0 aliphatic carbocycles. The molecule has 1 saturated heterocycles. The maximum absolute atomic E-state index is 12.9. The third-order valence-corrected chi connectivity index (χ3v) is 6.51. The fourth-order valence-corrected chi connectivity index (χ4v) is 4.69. The molecule has 1 fully saturated rings. The van der Waals surface area contributed by atoms with Crippen LogP contribution >= 0.6 is 11.3 Å². The van der Waals surface area contributed by atoms with Crippen LogP contribution in [0.4, 0.5) is 0 Å². The SMILES string of the molecule is CCC(=O)N1CCCC(C(=O)OCC(=O)N2N=C(c3cccs3)CC2c2ccco2)C1. The van der Waals surface area contributed by atoms with E-state index in [4.69, 9.17) is 9.15 Å². The van der Waals surface area contributed by atoms with Crippen LogP contribution in [0.2, 0.25) is 0 Å². The van der Waals surface area contributed by atoms with Crippen LogP contribution < -0.4 is 0 Å². The minimum Gasteiger partial charge on any atom is -0.467 e. The van der Waals surface area contributed by atoms with Gasteiger partial charge in [0.2, 0.25) is 5.91 Å². The van der Waals surface area contributed by atoms with Crippen LogP contribution in [0.25, 0.3) is 0 Å². The maximum Gasteiger partial charge on any atom is 0.311 e. The second kappa shape index (κ2) is 9.47. The van der Waals surface area contributed by atoms with Gasteiger partial charge in [0.25, 0.3) is 5.91 Å². The molecule has 4 rings (SSSR count). The maximum atomic E-state index is 12.9. The molecule has 0 radical (unpaired) electrons. The summed E-state index contributed by atoms with van der Waals surface area (Å²) in [6, 6.07) is 7.11. The summed E-state index contributed by atoms with van der Waals surface area (Å²) < 4.78 is 10.9. The summed E-state index contributed by atoms with van der Waals surface area (Å²) in [5.41, 5.74) is 0.803. The predicted octanol–water partition coefficient (Wildman–Crippen LogP) is 3.21. The van der Waals surface area contributed by atoms with Gasteiger partial charge >= 0.3 is 5.97 Å². The average molecular weight is 444 g/mol. The monoisotopic (exact) mass is 443 g/mol. The van der Waals surface area contributed by atoms with Crippen molar-refractivity contribution in [3.05, 3.63) is 46.5 Å². The summed E-state index contributed by atoms with van der Waals surface area (Å²) in [7, 11) is 0. The van der Waals surface area contributed by atoms with Crippen LogP contribution in [-0.2, 0) is 19.1 Å². The van der Waals surface area contributed by atoms with E-state index in [0.717, 1.165) is 17.0 Å². The van der Waals surface area contributed by atoms with Crippen LogP contribution in [0.15, 0.2) is 45.4 Å². The molecular formula is C22H25N3O5S. The molecule has 31 heavy (non-hydrogen) atoms. The molecule has 0 spiro atoms. The fourth-order valence-electron chi connectivity index (χ4n) is 3.97. The van der Waals surface area contributed by atoms with Gasteiger partial charge in [-0.1, -0.05) is 13.0 Å². The Morgan fingerprint density at radius 2 is 2.13 bits per heavy atom. The number of nitrogens with zero attached hydrogens (tertiary/aromatic N) is 3. The molecule has 164 valence electrons. The van der Waals surface area contributed by atoms with Crippen molar-refractivity contribution in [2.45, 2.75) is 38.6 Å². The highest BCUT2D eigenvalue weighted by Crippen LogP contribution is 2.34. The third-order valence-electron chi connectivity index (χ3n) is 5.59. The minimum absolute atomic E-state index is 0.0300. The zero-order chi connectivity index (χ0) is 21.8. The lowest BCUT2D eigenvalue weighted by molar-refractivity contribution is -0.158. The first-order chi connectivity index (χ1) is 15.1. The number of ether oxygens (including phenoxy) is 1. The Bertz CT molecular complexity index is 954. The summed E-state index contributed by atoms with van der Waals surface area (Å²) in [4.78, 5) is 40.1. The summed E-state index contributed by atoms with van der Waals surface area (Å²) in [5, 5.41) is 7.83. The Balaban J connectivity index is 1.40. The lowest BCUT2D eigenvalue weighted by Gasteiger charge is -2.31. The van der Waals surface area contributed by atoms with E-state index in [0.29, 0.717) is 38.1 Å². The normalized spacial score (nSPS) is 21.1. The highest BCUT2D eigenvalue weighted by Gasteiger charge is 2.36. The molecule has 2 aliphatic rings. The van der Waals surface area contributed by atoms with Gasteiger partial charge in [0.1, 0.15) is 11.8 Å². The quantitative estimate of drug-likeness (QED) is 0.639. The topological polar surface area (TPSA) is 92.4 Å². The lowest BCUT2D eigenvalue weighted by Crippen LogP contribution is -2.43. The van der Waals surface area contributed by atoms with Crippen molar-refractivity contribution in [1.82, 2.24) is 9.91 Å². The van der Waals surface area contributed by atoms with Crippen LogP contribution in [0.5, 0.6) is 0 Å². The van der Waals surface area contributed by atoms with Gasteiger partial charge in [-0.15, -0.1) is 11.3 Å². The standard InChI is InChI=1S/C22H25N3O5S/c1-2-20(26)24-9-3-6-15(13-24)22(28)30-14-21(27)25-17(18-7-4-10-29-18)12-16(23-25)19-8-5-11-31-19/h4-5,7-8,10-11,15,17H,2-3,6,9,12-14H2,1H3. The number of hydrazone groups is 1. The molecule has 0 N–H and O–H groups in total. The number of piperidine rings is 1. The van der Waals surface area contributed by atoms with Gasteiger partial charge < -0.3 is 14.1 Å². The van der Waals surface area contributed by atoms with Crippen molar-refractivity contribution < 1.29 is 23.5 Å². The zero-order valence-corrected chi connectivity index (χ0v) is 18.2. The number of rotatable bonds is 6. The van der Waals surface area contributed by atoms with Crippen LogP contribution in [-0.4, -0.2) is 53.1 Å². The van der Waals surface area contributed by atoms with Crippen molar-refractivity contribution in [3.8, 4) is 0 Å². The molecule has 2 amide bonds. The van der Waals surface area contributed by atoms with Gasteiger partial charge in [-0.2, -0.15) is 5.10 Å².